The van der Waals surface area contributed by atoms with E-state index in [1.54, 1.807) is 7.11 Å². The number of hydrogen-bond donors (Lipinski definition) is 1. The summed E-state index contributed by atoms with van der Waals surface area (Å²) in [6.07, 6.45) is 3.32. The van der Waals surface area contributed by atoms with E-state index in [9.17, 15) is 9.90 Å². The van der Waals surface area contributed by atoms with Gasteiger partial charge in [-0.15, -0.1) is 0 Å². The summed E-state index contributed by atoms with van der Waals surface area (Å²) in [6.45, 7) is 2.17. The van der Waals surface area contributed by atoms with Gasteiger partial charge >= 0.3 is 5.97 Å². The predicted molar refractivity (Wildman–Crippen MR) is 92.1 cm³/mol. The molecule has 0 saturated carbocycles. The average molecular weight is 312 g/mol. The van der Waals surface area contributed by atoms with E-state index in [4.69, 9.17) is 4.74 Å². The highest BCUT2D eigenvalue weighted by Gasteiger charge is 2.21. The van der Waals surface area contributed by atoms with Crippen LogP contribution in [0.5, 0.6) is 5.75 Å². The monoisotopic (exact) mass is 312 g/mol. The maximum absolute atomic E-state index is 11.4. The van der Waals surface area contributed by atoms with Crippen molar-refractivity contribution in [3.8, 4) is 5.75 Å². The molecule has 2 aromatic carbocycles. The van der Waals surface area contributed by atoms with E-state index >= 15 is 0 Å². The smallest absolute Gasteiger partial charge is 0.304 e. The molecule has 0 saturated heterocycles. The molecule has 1 N–H and O–H groups in total. The molecule has 2 aromatic rings. The third-order valence-corrected chi connectivity index (χ3v) is 4.07. The Bertz CT molecular complexity index is 635. The van der Waals surface area contributed by atoms with Gasteiger partial charge in [-0.25, -0.2) is 0 Å². The summed E-state index contributed by atoms with van der Waals surface area (Å²) in [5.41, 5.74) is 3.18. The third-order valence-electron chi connectivity index (χ3n) is 4.07. The Hall–Kier alpha value is -2.29. The molecule has 2 rings (SSSR count). The van der Waals surface area contributed by atoms with Crippen LogP contribution in [-0.2, 0) is 11.2 Å². The van der Waals surface area contributed by atoms with Crippen LogP contribution in [0, 0.1) is 0 Å². The molecule has 0 fully saturated rings. The van der Waals surface area contributed by atoms with Crippen LogP contribution in [0.3, 0.4) is 0 Å². The Labute approximate surface area is 137 Å². The summed E-state index contributed by atoms with van der Waals surface area (Å²) < 4.78 is 5.50. The summed E-state index contributed by atoms with van der Waals surface area (Å²) >= 11 is 0. The van der Waals surface area contributed by atoms with Crippen molar-refractivity contribution < 1.29 is 14.6 Å². The molecule has 0 bridgehead atoms. The molecular formula is C20H24O3. The number of carboxylic acids is 1. The molecule has 0 aliphatic rings. The zero-order valence-corrected chi connectivity index (χ0v) is 13.8. The average Bonchev–Trinajstić information content (AvgIpc) is 2.58. The van der Waals surface area contributed by atoms with Crippen molar-refractivity contribution in [2.75, 3.05) is 7.11 Å². The molecule has 3 heteroatoms. The first-order chi connectivity index (χ1) is 11.2. The van der Waals surface area contributed by atoms with Crippen LogP contribution in [0.1, 0.15) is 48.8 Å². The van der Waals surface area contributed by atoms with Crippen molar-refractivity contribution in [1.29, 1.82) is 0 Å². The van der Waals surface area contributed by atoms with Crippen LogP contribution in [0.2, 0.25) is 0 Å². The van der Waals surface area contributed by atoms with E-state index in [1.165, 1.54) is 5.56 Å². The summed E-state index contributed by atoms with van der Waals surface area (Å²) in [5, 5.41) is 9.34. The number of unbranched alkanes of at least 4 members (excludes halogenated alkanes) is 1. The molecule has 0 unspecified atom stereocenters. The lowest BCUT2D eigenvalue weighted by Crippen LogP contribution is -2.10. The van der Waals surface area contributed by atoms with Gasteiger partial charge in [-0.3, -0.25) is 4.79 Å². The van der Waals surface area contributed by atoms with Crippen molar-refractivity contribution in [3.63, 3.8) is 0 Å². The van der Waals surface area contributed by atoms with Gasteiger partial charge in [0.15, 0.2) is 0 Å². The first-order valence-electron chi connectivity index (χ1n) is 8.09. The highest BCUT2D eigenvalue weighted by atomic mass is 16.5. The van der Waals surface area contributed by atoms with Crippen molar-refractivity contribution in [3.05, 3.63) is 65.2 Å². The molecule has 0 aliphatic carbocycles. The fraction of sp³-hybridized carbons (Fsp3) is 0.350. The van der Waals surface area contributed by atoms with Crippen LogP contribution in [0.15, 0.2) is 48.5 Å². The molecule has 0 heterocycles. The maximum Gasteiger partial charge on any atom is 0.304 e. The molecule has 3 nitrogen and oxygen atoms in total. The summed E-state index contributed by atoms with van der Waals surface area (Å²) in [7, 11) is 1.63. The fourth-order valence-electron chi connectivity index (χ4n) is 2.86. The third kappa shape index (κ3) is 4.59. The molecule has 23 heavy (non-hydrogen) atoms. The number of carboxylic acid groups (broad SMARTS) is 1. The largest absolute Gasteiger partial charge is 0.496 e. The topological polar surface area (TPSA) is 46.5 Å². The lowest BCUT2D eigenvalue weighted by atomic mass is 9.86. The van der Waals surface area contributed by atoms with E-state index < -0.39 is 5.97 Å². The molecule has 0 aliphatic heterocycles. The second-order valence-corrected chi connectivity index (χ2v) is 5.74. The SMILES string of the molecule is CCCCc1ccc(OC)c([C@@H](CC(=O)O)c2ccccc2)c1. The molecule has 0 amide bonds. The molecule has 0 radical (unpaired) electrons. The minimum absolute atomic E-state index is 0.0532. The Balaban J connectivity index is 2.45. The first kappa shape index (κ1) is 17.1. The quantitative estimate of drug-likeness (QED) is 0.772. The number of aliphatic carboxylic acids is 1. The number of aryl methyl sites for hydroxylation is 1. The van der Waals surface area contributed by atoms with Gasteiger partial charge in [-0.1, -0.05) is 55.8 Å². The van der Waals surface area contributed by atoms with Crippen LogP contribution in [0.4, 0.5) is 0 Å². The van der Waals surface area contributed by atoms with E-state index in [0.717, 1.165) is 36.1 Å². The van der Waals surface area contributed by atoms with Crippen LogP contribution >= 0.6 is 0 Å². The van der Waals surface area contributed by atoms with Crippen molar-refractivity contribution in [2.24, 2.45) is 0 Å². The van der Waals surface area contributed by atoms with Gasteiger partial charge in [0.1, 0.15) is 5.75 Å². The van der Waals surface area contributed by atoms with Crippen LogP contribution < -0.4 is 4.74 Å². The van der Waals surface area contributed by atoms with Gasteiger partial charge in [0, 0.05) is 11.5 Å². The van der Waals surface area contributed by atoms with Crippen LogP contribution in [-0.4, -0.2) is 18.2 Å². The minimum atomic E-state index is -0.806. The number of ether oxygens (including phenoxy) is 1. The summed E-state index contributed by atoms with van der Waals surface area (Å²) in [5.74, 6) is -0.259. The zero-order chi connectivity index (χ0) is 16.7. The van der Waals surface area contributed by atoms with Gasteiger partial charge in [0.05, 0.1) is 13.5 Å². The first-order valence-corrected chi connectivity index (χ1v) is 8.09. The van der Waals surface area contributed by atoms with E-state index in [1.807, 2.05) is 36.4 Å². The van der Waals surface area contributed by atoms with E-state index in [0.29, 0.717) is 0 Å². The Morgan fingerprint density at radius 3 is 2.52 bits per heavy atom. The number of methoxy groups -OCH3 is 1. The molecular weight excluding hydrogens is 288 g/mol. The Morgan fingerprint density at radius 1 is 1.17 bits per heavy atom. The van der Waals surface area contributed by atoms with Gasteiger partial charge in [-0.05, 0) is 30.0 Å². The lowest BCUT2D eigenvalue weighted by molar-refractivity contribution is -0.137. The molecule has 1 atom stereocenters. The predicted octanol–water partition coefficient (Wildman–Crippen LogP) is 4.64. The maximum atomic E-state index is 11.4. The van der Waals surface area contributed by atoms with Crippen molar-refractivity contribution in [2.45, 2.75) is 38.5 Å². The highest BCUT2D eigenvalue weighted by Crippen LogP contribution is 2.35. The standard InChI is InChI=1S/C20H24O3/c1-3-4-8-15-11-12-19(23-2)18(13-15)17(14-20(21)22)16-9-6-5-7-10-16/h5-7,9-13,17H,3-4,8,14H2,1-2H3,(H,21,22)/t17-/m0/s1. The second-order valence-electron chi connectivity index (χ2n) is 5.74. The zero-order valence-electron chi connectivity index (χ0n) is 13.8. The Kier molecular flexibility index (Phi) is 6.21. The molecule has 0 spiro atoms. The fourth-order valence-corrected chi connectivity index (χ4v) is 2.86. The molecule has 0 aromatic heterocycles. The van der Waals surface area contributed by atoms with Gasteiger partial charge < -0.3 is 9.84 Å². The number of benzene rings is 2. The van der Waals surface area contributed by atoms with Crippen molar-refractivity contribution >= 4 is 5.97 Å². The normalized spacial score (nSPS) is 11.9. The van der Waals surface area contributed by atoms with Gasteiger partial charge in [0.25, 0.3) is 0 Å². The number of rotatable bonds is 8. The molecule has 122 valence electrons. The summed E-state index contributed by atoms with van der Waals surface area (Å²) in [6, 6.07) is 15.9. The second kappa shape index (κ2) is 8.37. The number of hydrogen-bond acceptors (Lipinski definition) is 2. The van der Waals surface area contributed by atoms with Gasteiger partial charge in [-0.2, -0.15) is 0 Å². The van der Waals surface area contributed by atoms with E-state index in [-0.39, 0.29) is 12.3 Å². The highest BCUT2D eigenvalue weighted by molar-refractivity contribution is 5.69. The van der Waals surface area contributed by atoms with Crippen molar-refractivity contribution in [1.82, 2.24) is 0 Å². The Morgan fingerprint density at radius 2 is 1.91 bits per heavy atom. The summed E-state index contributed by atoms with van der Waals surface area (Å²) in [4.78, 5) is 11.4. The minimum Gasteiger partial charge on any atom is -0.496 e. The van der Waals surface area contributed by atoms with Crippen LogP contribution in [0.25, 0.3) is 0 Å². The lowest BCUT2D eigenvalue weighted by Gasteiger charge is -2.20. The van der Waals surface area contributed by atoms with Gasteiger partial charge in [0.2, 0.25) is 0 Å². The number of carbonyl (C=O) groups is 1. The van der Waals surface area contributed by atoms with E-state index in [2.05, 4.69) is 19.1 Å².